The zero-order valence-electron chi connectivity index (χ0n) is 12.2. The maximum absolute atomic E-state index is 11.8. The average molecular weight is 308 g/mol. The van der Waals surface area contributed by atoms with Crippen molar-refractivity contribution in [1.29, 1.82) is 0 Å². The summed E-state index contributed by atoms with van der Waals surface area (Å²) in [6, 6.07) is 5.38. The number of hydrogen-bond acceptors (Lipinski definition) is 3. The SMILES string of the molecule is NC(=O)c1ccc(Cl)cc1N1CCNCC12CCCCC2. The van der Waals surface area contributed by atoms with E-state index in [1.165, 1.54) is 19.3 Å². The van der Waals surface area contributed by atoms with Crippen LogP contribution in [0.15, 0.2) is 18.2 Å². The summed E-state index contributed by atoms with van der Waals surface area (Å²) in [5, 5.41) is 4.17. The number of amides is 1. The summed E-state index contributed by atoms with van der Waals surface area (Å²) in [6.45, 7) is 2.78. The van der Waals surface area contributed by atoms with Gasteiger partial charge in [0.1, 0.15) is 0 Å². The number of hydrogen-bond donors (Lipinski definition) is 2. The Morgan fingerprint density at radius 3 is 2.76 bits per heavy atom. The molecule has 3 rings (SSSR count). The molecule has 1 heterocycles. The molecule has 3 N–H and O–H groups in total. The Kier molecular flexibility index (Phi) is 4.09. The number of nitrogens with zero attached hydrogens (tertiary/aromatic N) is 1. The van der Waals surface area contributed by atoms with Crippen molar-refractivity contribution in [2.75, 3.05) is 24.5 Å². The van der Waals surface area contributed by atoms with Gasteiger partial charge in [-0.2, -0.15) is 0 Å². The van der Waals surface area contributed by atoms with Crippen molar-refractivity contribution in [1.82, 2.24) is 5.32 Å². The molecule has 1 saturated carbocycles. The van der Waals surface area contributed by atoms with Crippen LogP contribution in [0.3, 0.4) is 0 Å². The minimum Gasteiger partial charge on any atom is -0.366 e. The van der Waals surface area contributed by atoms with E-state index in [1.54, 1.807) is 12.1 Å². The van der Waals surface area contributed by atoms with E-state index in [4.69, 9.17) is 17.3 Å². The van der Waals surface area contributed by atoms with Crippen LogP contribution in [0.1, 0.15) is 42.5 Å². The molecule has 1 amide bonds. The van der Waals surface area contributed by atoms with Crippen LogP contribution in [0.2, 0.25) is 5.02 Å². The molecule has 114 valence electrons. The van der Waals surface area contributed by atoms with E-state index in [0.29, 0.717) is 10.6 Å². The highest BCUT2D eigenvalue weighted by Gasteiger charge is 2.40. The number of anilines is 1. The first-order chi connectivity index (χ1) is 10.1. The van der Waals surface area contributed by atoms with Gasteiger partial charge in [0.2, 0.25) is 0 Å². The highest BCUT2D eigenvalue weighted by Crippen LogP contribution is 2.39. The third kappa shape index (κ3) is 2.74. The summed E-state index contributed by atoms with van der Waals surface area (Å²) in [5.74, 6) is -0.383. The molecular weight excluding hydrogens is 286 g/mol. The second kappa shape index (κ2) is 5.85. The van der Waals surface area contributed by atoms with Crippen molar-refractivity contribution in [2.24, 2.45) is 5.73 Å². The fourth-order valence-electron chi connectivity index (χ4n) is 3.81. The molecule has 1 aliphatic carbocycles. The lowest BCUT2D eigenvalue weighted by atomic mass is 9.78. The number of carbonyl (C=O) groups is 1. The van der Waals surface area contributed by atoms with Gasteiger partial charge in [0.15, 0.2) is 0 Å². The molecule has 2 fully saturated rings. The second-order valence-corrected chi connectivity index (χ2v) is 6.58. The minimum absolute atomic E-state index is 0.103. The summed E-state index contributed by atoms with van der Waals surface area (Å²) in [6.07, 6.45) is 6.10. The Bertz CT molecular complexity index is 532. The smallest absolute Gasteiger partial charge is 0.250 e. The van der Waals surface area contributed by atoms with Crippen LogP contribution >= 0.6 is 11.6 Å². The molecule has 0 bridgehead atoms. The molecule has 1 aliphatic heterocycles. The Balaban J connectivity index is 2.04. The van der Waals surface area contributed by atoms with Crippen molar-refractivity contribution in [3.05, 3.63) is 28.8 Å². The number of nitrogens with two attached hydrogens (primary N) is 1. The molecule has 5 heteroatoms. The molecule has 0 atom stereocenters. The molecule has 1 aromatic rings. The summed E-state index contributed by atoms with van der Waals surface area (Å²) in [4.78, 5) is 14.2. The normalized spacial score (nSPS) is 21.5. The lowest BCUT2D eigenvalue weighted by Crippen LogP contribution is -2.62. The van der Waals surface area contributed by atoms with E-state index in [9.17, 15) is 4.79 Å². The third-order valence-electron chi connectivity index (χ3n) is 4.84. The molecule has 2 aliphatic rings. The van der Waals surface area contributed by atoms with Gasteiger partial charge >= 0.3 is 0 Å². The molecule has 1 saturated heterocycles. The van der Waals surface area contributed by atoms with Crippen LogP contribution in [-0.2, 0) is 0 Å². The Morgan fingerprint density at radius 2 is 2.05 bits per heavy atom. The molecule has 0 radical (unpaired) electrons. The fourth-order valence-corrected chi connectivity index (χ4v) is 3.98. The number of primary amides is 1. The number of carbonyl (C=O) groups excluding carboxylic acids is 1. The second-order valence-electron chi connectivity index (χ2n) is 6.14. The first-order valence-corrected chi connectivity index (χ1v) is 8.08. The van der Waals surface area contributed by atoms with E-state index < -0.39 is 0 Å². The summed E-state index contributed by atoms with van der Waals surface area (Å²) in [7, 11) is 0. The molecule has 0 unspecified atom stereocenters. The fraction of sp³-hybridized carbons (Fsp3) is 0.562. The monoisotopic (exact) mass is 307 g/mol. The molecule has 1 aromatic carbocycles. The van der Waals surface area contributed by atoms with E-state index in [0.717, 1.165) is 38.2 Å². The van der Waals surface area contributed by atoms with Crippen LogP contribution in [0.4, 0.5) is 5.69 Å². The first kappa shape index (κ1) is 14.7. The maximum atomic E-state index is 11.8. The van der Waals surface area contributed by atoms with Gasteiger partial charge in [-0.05, 0) is 31.0 Å². The standard InChI is InChI=1S/C16H22ClN3O/c17-12-4-5-13(15(18)21)14(10-12)20-9-8-19-11-16(20)6-2-1-3-7-16/h4-5,10,19H,1-3,6-9,11H2,(H2,18,21). The highest BCUT2D eigenvalue weighted by molar-refractivity contribution is 6.31. The zero-order chi connectivity index (χ0) is 14.9. The van der Waals surface area contributed by atoms with Crippen LogP contribution < -0.4 is 16.0 Å². The van der Waals surface area contributed by atoms with Crippen molar-refractivity contribution in [3.8, 4) is 0 Å². The Labute approximate surface area is 130 Å². The van der Waals surface area contributed by atoms with Gasteiger partial charge in [-0.1, -0.05) is 30.9 Å². The number of piperazine rings is 1. The zero-order valence-corrected chi connectivity index (χ0v) is 13.0. The molecule has 0 aromatic heterocycles. The van der Waals surface area contributed by atoms with Gasteiger partial charge in [0.25, 0.3) is 5.91 Å². The van der Waals surface area contributed by atoms with Crippen molar-refractivity contribution >= 4 is 23.2 Å². The highest BCUT2D eigenvalue weighted by atomic mass is 35.5. The lowest BCUT2D eigenvalue weighted by Gasteiger charge is -2.51. The summed E-state index contributed by atoms with van der Waals surface area (Å²) < 4.78 is 0. The summed E-state index contributed by atoms with van der Waals surface area (Å²) in [5.41, 5.74) is 7.14. The number of halogens is 1. The van der Waals surface area contributed by atoms with Crippen LogP contribution in [0.5, 0.6) is 0 Å². The molecular formula is C16H22ClN3O. The van der Waals surface area contributed by atoms with E-state index in [1.807, 2.05) is 6.07 Å². The van der Waals surface area contributed by atoms with Gasteiger partial charge < -0.3 is 16.0 Å². The molecule has 1 spiro atoms. The topological polar surface area (TPSA) is 58.4 Å². The van der Waals surface area contributed by atoms with Gasteiger partial charge in [-0.25, -0.2) is 0 Å². The van der Waals surface area contributed by atoms with Crippen LogP contribution in [0, 0.1) is 0 Å². The van der Waals surface area contributed by atoms with E-state index >= 15 is 0 Å². The lowest BCUT2D eigenvalue weighted by molar-refractivity contribution is 0.1000. The molecule has 21 heavy (non-hydrogen) atoms. The van der Waals surface area contributed by atoms with Gasteiger partial charge in [-0.3, -0.25) is 4.79 Å². The minimum atomic E-state index is -0.383. The average Bonchev–Trinajstić information content (AvgIpc) is 2.48. The third-order valence-corrected chi connectivity index (χ3v) is 5.07. The Morgan fingerprint density at radius 1 is 1.29 bits per heavy atom. The largest absolute Gasteiger partial charge is 0.366 e. The predicted octanol–water partition coefficient (Wildman–Crippen LogP) is 2.55. The van der Waals surface area contributed by atoms with Gasteiger partial charge in [0.05, 0.1) is 16.8 Å². The predicted molar refractivity (Wildman–Crippen MR) is 86.0 cm³/mol. The maximum Gasteiger partial charge on any atom is 0.250 e. The Hall–Kier alpha value is -1.26. The summed E-state index contributed by atoms with van der Waals surface area (Å²) >= 11 is 6.17. The van der Waals surface area contributed by atoms with Gasteiger partial charge in [0, 0.05) is 24.7 Å². The first-order valence-electron chi connectivity index (χ1n) is 7.70. The van der Waals surface area contributed by atoms with Gasteiger partial charge in [-0.15, -0.1) is 0 Å². The number of rotatable bonds is 2. The van der Waals surface area contributed by atoms with Crippen molar-refractivity contribution < 1.29 is 4.79 Å². The van der Waals surface area contributed by atoms with E-state index in [-0.39, 0.29) is 11.4 Å². The van der Waals surface area contributed by atoms with Crippen LogP contribution in [-0.4, -0.2) is 31.1 Å². The van der Waals surface area contributed by atoms with E-state index in [2.05, 4.69) is 10.2 Å². The molecule has 4 nitrogen and oxygen atoms in total. The van der Waals surface area contributed by atoms with Crippen LogP contribution in [0.25, 0.3) is 0 Å². The number of benzene rings is 1. The quantitative estimate of drug-likeness (QED) is 0.883. The number of nitrogens with one attached hydrogen (secondary N) is 1. The van der Waals surface area contributed by atoms with Crippen molar-refractivity contribution in [3.63, 3.8) is 0 Å². The van der Waals surface area contributed by atoms with Crippen molar-refractivity contribution in [2.45, 2.75) is 37.6 Å².